The van der Waals surface area contributed by atoms with Gasteiger partial charge < -0.3 is 9.42 Å². The molecule has 0 bridgehead atoms. The summed E-state index contributed by atoms with van der Waals surface area (Å²) in [6.45, 7) is 5.30. The number of nitrogens with zero attached hydrogens (tertiary/aromatic N) is 6. The highest BCUT2D eigenvalue weighted by Gasteiger charge is 2.23. The first kappa shape index (κ1) is 19.2. The van der Waals surface area contributed by atoms with Crippen molar-refractivity contribution in [1.29, 1.82) is 0 Å². The van der Waals surface area contributed by atoms with Crippen LogP contribution in [0.3, 0.4) is 0 Å². The Morgan fingerprint density at radius 3 is 2.83 bits per heavy atom. The van der Waals surface area contributed by atoms with Gasteiger partial charge in [0.2, 0.25) is 0 Å². The van der Waals surface area contributed by atoms with E-state index in [1.54, 1.807) is 18.6 Å². The fourth-order valence-electron chi connectivity index (χ4n) is 3.94. The van der Waals surface area contributed by atoms with Crippen molar-refractivity contribution < 1.29 is 9.32 Å². The number of aryl methyl sites for hydroxylation is 2. The third-order valence-electron chi connectivity index (χ3n) is 5.45. The molecule has 0 radical (unpaired) electrons. The zero-order valence-corrected chi connectivity index (χ0v) is 16.7. The van der Waals surface area contributed by atoms with Crippen LogP contribution in [-0.4, -0.2) is 49.0 Å². The van der Waals surface area contributed by atoms with Gasteiger partial charge in [-0.3, -0.25) is 4.79 Å². The predicted molar refractivity (Wildman–Crippen MR) is 106 cm³/mol. The molecule has 150 valence electrons. The van der Waals surface area contributed by atoms with E-state index in [1.807, 2.05) is 24.8 Å². The lowest BCUT2D eigenvalue weighted by atomic mass is 9.94. The lowest BCUT2D eigenvalue weighted by Gasteiger charge is -2.20. The highest BCUT2D eigenvalue weighted by atomic mass is 16.5. The Balaban J connectivity index is 1.42. The Morgan fingerprint density at radius 1 is 1.17 bits per heavy atom. The van der Waals surface area contributed by atoms with Gasteiger partial charge in [-0.15, -0.1) is 0 Å². The van der Waals surface area contributed by atoms with Crippen LogP contribution >= 0.6 is 0 Å². The van der Waals surface area contributed by atoms with E-state index in [1.165, 1.54) is 6.33 Å². The van der Waals surface area contributed by atoms with Gasteiger partial charge >= 0.3 is 0 Å². The van der Waals surface area contributed by atoms with Gasteiger partial charge in [0.1, 0.15) is 24.1 Å². The molecule has 8 heteroatoms. The average molecular weight is 392 g/mol. The molecule has 0 unspecified atom stereocenters. The van der Waals surface area contributed by atoms with Gasteiger partial charge in [-0.2, -0.15) is 0 Å². The number of amides is 1. The van der Waals surface area contributed by atoms with Crippen molar-refractivity contribution in [2.75, 3.05) is 13.1 Å². The predicted octanol–water partition coefficient (Wildman–Crippen LogP) is 3.02. The molecule has 1 saturated heterocycles. The Kier molecular flexibility index (Phi) is 5.59. The van der Waals surface area contributed by atoms with E-state index in [2.05, 4.69) is 25.1 Å². The molecule has 0 spiro atoms. The third kappa shape index (κ3) is 4.31. The maximum atomic E-state index is 12.7. The molecule has 4 rings (SSSR count). The van der Waals surface area contributed by atoms with Crippen LogP contribution in [0.2, 0.25) is 0 Å². The van der Waals surface area contributed by atoms with Crippen molar-refractivity contribution in [2.24, 2.45) is 5.92 Å². The molecule has 0 N–H and O–H groups in total. The van der Waals surface area contributed by atoms with E-state index in [-0.39, 0.29) is 5.91 Å². The standard InChI is InChI=1S/C21H24N6O2/c1-14-20(15(2)29-26-14)19-11-17(23-13-25-19)10-16-4-3-8-27(9-6-16)21(28)18-5-7-22-12-24-18/h5,7,11-13,16H,3-4,6,8-10H2,1-2H3/t16-/m0/s1. The molecule has 1 atom stereocenters. The number of likely N-dealkylation sites (tertiary alicyclic amines) is 1. The monoisotopic (exact) mass is 392 g/mol. The van der Waals surface area contributed by atoms with Crippen LogP contribution in [0.15, 0.2) is 35.5 Å². The number of hydrogen-bond acceptors (Lipinski definition) is 7. The number of rotatable bonds is 4. The van der Waals surface area contributed by atoms with Crippen LogP contribution < -0.4 is 0 Å². The minimum atomic E-state index is -0.0178. The quantitative estimate of drug-likeness (QED) is 0.673. The Hall–Kier alpha value is -3.16. The molecule has 1 aliphatic rings. The highest BCUT2D eigenvalue weighted by molar-refractivity contribution is 5.92. The molecule has 1 aliphatic heterocycles. The molecular formula is C21H24N6O2. The zero-order valence-electron chi connectivity index (χ0n) is 16.7. The Labute approximate surface area is 169 Å². The van der Waals surface area contributed by atoms with Gasteiger partial charge in [0.05, 0.1) is 17.0 Å². The summed E-state index contributed by atoms with van der Waals surface area (Å²) >= 11 is 0. The third-order valence-corrected chi connectivity index (χ3v) is 5.45. The maximum Gasteiger partial charge on any atom is 0.272 e. The number of aromatic nitrogens is 5. The summed E-state index contributed by atoms with van der Waals surface area (Å²) < 4.78 is 5.27. The van der Waals surface area contributed by atoms with E-state index in [9.17, 15) is 4.79 Å². The summed E-state index contributed by atoms with van der Waals surface area (Å²) in [6.07, 6.45) is 8.49. The number of carbonyl (C=O) groups is 1. The van der Waals surface area contributed by atoms with E-state index < -0.39 is 0 Å². The number of hydrogen-bond donors (Lipinski definition) is 0. The summed E-state index contributed by atoms with van der Waals surface area (Å²) in [4.78, 5) is 31.4. The van der Waals surface area contributed by atoms with E-state index in [0.717, 1.165) is 67.2 Å². The van der Waals surface area contributed by atoms with Crippen molar-refractivity contribution in [3.05, 3.63) is 53.8 Å². The minimum absolute atomic E-state index is 0.0178. The van der Waals surface area contributed by atoms with E-state index in [4.69, 9.17) is 4.52 Å². The number of carbonyl (C=O) groups excluding carboxylic acids is 1. The maximum absolute atomic E-state index is 12.7. The summed E-state index contributed by atoms with van der Waals surface area (Å²) in [6, 6.07) is 3.70. The van der Waals surface area contributed by atoms with Crippen molar-refractivity contribution in [2.45, 2.75) is 39.5 Å². The fraction of sp³-hybridized carbons (Fsp3) is 0.429. The Bertz CT molecular complexity index is 968. The van der Waals surface area contributed by atoms with Crippen molar-refractivity contribution >= 4 is 5.91 Å². The van der Waals surface area contributed by atoms with Crippen molar-refractivity contribution in [3.63, 3.8) is 0 Å². The van der Waals surface area contributed by atoms with Gasteiger partial charge in [-0.1, -0.05) is 5.16 Å². The molecule has 8 nitrogen and oxygen atoms in total. The largest absolute Gasteiger partial charge is 0.361 e. The fourth-order valence-corrected chi connectivity index (χ4v) is 3.94. The molecular weight excluding hydrogens is 368 g/mol. The molecule has 1 amide bonds. The van der Waals surface area contributed by atoms with Crippen molar-refractivity contribution in [3.8, 4) is 11.3 Å². The van der Waals surface area contributed by atoms with Gasteiger partial charge in [-0.05, 0) is 57.6 Å². The smallest absolute Gasteiger partial charge is 0.272 e. The van der Waals surface area contributed by atoms with E-state index >= 15 is 0 Å². The van der Waals surface area contributed by atoms with Crippen LogP contribution in [0, 0.1) is 19.8 Å². The molecule has 0 aromatic carbocycles. The molecule has 4 heterocycles. The van der Waals surface area contributed by atoms with Gasteiger partial charge in [0.25, 0.3) is 5.91 Å². The Morgan fingerprint density at radius 2 is 2.07 bits per heavy atom. The second-order valence-electron chi connectivity index (χ2n) is 7.48. The van der Waals surface area contributed by atoms with Crippen LogP contribution in [0.5, 0.6) is 0 Å². The average Bonchev–Trinajstić information content (AvgIpc) is 2.93. The summed E-state index contributed by atoms with van der Waals surface area (Å²) in [5.74, 6) is 1.22. The molecule has 29 heavy (non-hydrogen) atoms. The lowest BCUT2D eigenvalue weighted by Crippen LogP contribution is -2.32. The van der Waals surface area contributed by atoms with E-state index in [0.29, 0.717) is 11.6 Å². The second-order valence-corrected chi connectivity index (χ2v) is 7.48. The van der Waals surface area contributed by atoms with Gasteiger partial charge in [-0.25, -0.2) is 19.9 Å². The van der Waals surface area contributed by atoms with Crippen LogP contribution in [-0.2, 0) is 6.42 Å². The molecule has 1 fully saturated rings. The summed E-state index contributed by atoms with van der Waals surface area (Å²) in [5, 5.41) is 4.02. The van der Waals surface area contributed by atoms with Crippen LogP contribution in [0.1, 0.15) is 46.9 Å². The summed E-state index contributed by atoms with van der Waals surface area (Å²) in [7, 11) is 0. The molecule has 3 aromatic heterocycles. The zero-order chi connectivity index (χ0) is 20.2. The first-order chi connectivity index (χ1) is 14.1. The highest BCUT2D eigenvalue weighted by Crippen LogP contribution is 2.27. The minimum Gasteiger partial charge on any atom is -0.361 e. The second kappa shape index (κ2) is 8.46. The molecule has 3 aromatic rings. The lowest BCUT2D eigenvalue weighted by molar-refractivity contribution is 0.0754. The van der Waals surface area contributed by atoms with Gasteiger partial charge in [0.15, 0.2) is 0 Å². The molecule has 0 aliphatic carbocycles. The van der Waals surface area contributed by atoms with Gasteiger partial charge in [0, 0.05) is 25.0 Å². The summed E-state index contributed by atoms with van der Waals surface area (Å²) in [5.41, 5.74) is 4.09. The van der Waals surface area contributed by atoms with Crippen LogP contribution in [0.4, 0.5) is 0 Å². The topological polar surface area (TPSA) is 97.9 Å². The first-order valence-corrected chi connectivity index (χ1v) is 9.91. The van der Waals surface area contributed by atoms with Crippen molar-refractivity contribution in [1.82, 2.24) is 30.0 Å². The SMILES string of the molecule is Cc1noc(C)c1-c1cc(C[C@H]2CCCN(C(=O)c3ccncn3)CC2)ncn1. The molecule has 0 saturated carbocycles. The first-order valence-electron chi connectivity index (χ1n) is 9.91. The van der Waals surface area contributed by atoms with Crippen LogP contribution in [0.25, 0.3) is 11.3 Å². The normalized spacial score (nSPS) is 17.2.